The summed E-state index contributed by atoms with van der Waals surface area (Å²) in [6.45, 7) is 8.68. The molecule has 2 atom stereocenters. The highest BCUT2D eigenvalue weighted by molar-refractivity contribution is 5.93. The van der Waals surface area contributed by atoms with E-state index in [9.17, 15) is 9.59 Å². The van der Waals surface area contributed by atoms with Crippen LogP contribution in [0.25, 0.3) is 0 Å². The summed E-state index contributed by atoms with van der Waals surface area (Å²) in [6, 6.07) is 0. The molecule has 1 aliphatic rings. The Labute approximate surface area is 137 Å². The second-order valence-electron chi connectivity index (χ2n) is 7.35. The van der Waals surface area contributed by atoms with E-state index in [2.05, 4.69) is 31.1 Å². The van der Waals surface area contributed by atoms with Gasteiger partial charge in [-0.3, -0.25) is 10.1 Å². The highest BCUT2D eigenvalue weighted by Gasteiger charge is 2.35. The van der Waals surface area contributed by atoms with E-state index >= 15 is 0 Å². The van der Waals surface area contributed by atoms with Gasteiger partial charge in [-0.25, -0.2) is 9.78 Å². The largest absolute Gasteiger partial charge is 0.461 e. The molecule has 6 heteroatoms. The molecule has 1 aromatic rings. The summed E-state index contributed by atoms with van der Waals surface area (Å²) in [5.41, 5.74) is 0.511. The van der Waals surface area contributed by atoms with Crippen LogP contribution in [0.4, 0.5) is 5.95 Å². The van der Waals surface area contributed by atoms with Crippen LogP contribution in [0.3, 0.4) is 0 Å². The van der Waals surface area contributed by atoms with Gasteiger partial charge < -0.3 is 9.30 Å². The van der Waals surface area contributed by atoms with E-state index in [1.165, 1.54) is 6.20 Å². The lowest BCUT2D eigenvalue weighted by Crippen LogP contribution is -2.35. The number of nitrogens with zero attached hydrogens (tertiary/aromatic N) is 2. The number of ether oxygens (including phenoxy) is 1. The number of rotatable bonds is 4. The van der Waals surface area contributed by atoms with Crippen molar-refractivity contribution in [2.24, 2.45) is 24.3 Å². The predicted molar refractivity (Wildman–Crippen MR) is 88.1 cm³/mol. The fourth-order valence-electron chi connectivity index (χ4n) is 3.68. The molecule has 0 aliphatic heterocycles. The summed E-state index contributed by atoms with van der Waals surface area (Å²) in [4.78, 5) is 28.5. The molecule has 0 radical (unpaired) electrons. The minimum atomic E-state index is -0.435. The first-order valence-corrected chi connectivity index (χ1v) is 8.23. The average Bonchev–Trinajstić information content (AvgIpc) is 2.78. The Bertz CT molecular complexity index is 592. The van der Waals surface area contributed by atoms with Gasteiger partial charge in [0, 0.05) is 13.0 Å². The Morgan fingerprint density at radius 3 is 2.74 bits per heavy atom. The van der Waals surface area contributed by atoms with Gasteiger partial charge in [0.25, 0.3) is 0 Å². The van der Waals surface area contributed by atoms with E-state index in [-0.39, 0.29) is 17.2 Å². The molecule has 0 unspecified atom stereocenters. The molecule has 1 aromatic heterocycles. The maximum atomic E-state index is 12.6. The molecule has 6 nitrogen and oxygen atoms in total. The number of esters is 1. The van der Waals surface area contributed by atoms with Crippen LogP contribution in [-0.4, -0.2) is 28.0 Å². The van der Waals surface area contributed by atoms with E-state index in [0.29, 0.717) is 24.2 Å². The first-order chi connectivity index (χ1) is 10.7. The zero-order valence-electron chi connectivity index (χ0n) is 14.7. The topological polar surface area (TPSA) is 73.2 Å². The zero-order chi connectivity index (χ0) is 17.2. The molecule has 1 N–H and O–H groups in total. The third-order valence-electron chi connectivity index (χ3n) is 4.47. The van der Waals surface area contributed by atoms with Gasteiger partial charge in [-0.15, -0.1) is 0 Å². The number of hydrogen-bond acceptors (Lipinski definition) is 4. The van der Waals surface area contributed by atoms with Gasteiger partial charge in [0.1, 0.15) is 5.69 Å². The molecule has 0 saturated heterocycles. The molecule has 1 amide bonds. The van der Waals surface area contributed by atoms with Crippen LogP contribution in [0.15, 0.2) is 6.20 Å². The van der Waals surface area contributed by atoms with Crippen molar-refractivity contribution in [2.45, 2.75) is 47.0 Å². The minimum absolute atomic E-state index is 0.0171. The highest BCUT2D eigenvalue weighted by Crippen LogP contribution is 2.41. The Morgan fingerprint density at radius 2 is 2.13 bits per heavy atom. The number of nitrogens with one attached hydrogen (secondary N) is 1. The van der Waals surface area contributed by atoms with Crippen molar-refractivity contribution < 1.29 is 14.3 Å². The summed E-state index contributed by atoms with van der Waals surface area (Å²) in [6.07, 6.45) is 4.34. The summed E-state index contributed by atoms with van der Waals surface area (Å²) in [5, 5.41) is 2.86. The predicted octanol–water partition coefficient (Wildman–Crippen LogP) is 3.00. The van der Waals surface area contributed by atoms with Crippen LogP contribution in [0, 0.1) is 17.3 Å². The summed E-state index contributed by atoms with van der Waals surface area (Å²) in [5.74, 6) is 0.445. The smallest absolute Gasteiger partial charge is 0.356 e. The number of aromatic nitrogens is 2. The Morgan fingerprint density at radius 1 is 1.43 bits per heavy atom. The van der Waals surface area contributed by atoms with E-state index < -0.39 is 5.97 Å². The molecule has 0 aromatic carbocycles. The van der Waals surface area contributed by atoms with E-state index in [0.717, 1.165) is 19.3 Å². The molecular formula is C17H27N3O3. The molecule has 0 bridgehead atoms. The van der Waals surface area contributed by atoms with Crippen molar-refractivity contribution in [3.8, 4) is 0 Å². The van der Waals surface area contributed by atoms with Crippen LogP contribution in [0.5, 0.6) is 0 Å². The van der Waals surface area contributed by atoms with Crippen LogP contribution in [-0.2, 0) is 16.6 Å². The Balaban J connectivity index is 2.07. The summed E-state index contributed by atoms with van der Waals surface area (Å²) in [7, 11) is 1.70. The van der Waals surface area contributed by atoms with Crippen molar-refractivity contribution in [1.29, 1.82) is 0 Å². The number of imidazole rings is 1. The van der Waals surface area contributed by atoms with Gasteiger partial charge >= 0.3 is 5.97 Å². The average molecular weight is 321 g/mol. The first kappa shape index (κ1) is 17.5. The number of anilines is 1. The zero-order valence-corrected chi connectivity index (χ0v) is 14.7. The SMILES string of the molecule is CCOC(=O)c1cnc(NC(=O)[C@H]2C[C@H](C)CC(C)(C)C2)n1C. The Hall–Kier alpha value is -1.85. The number of carbonyl (C=O) groups excluding carboxylic acids is 2. The molecule has 0 spiro atoms. The number of hydrogen-bond donors (Lipinski definition) is 1. The highest BCUT2D eigenvalue weighted by atomic mass is 16.5. The maximum Gasteiger partial charge on any atom is 0.356 e. The van der Waals surface area contributed by atoms with Crippen LogP contribution < -0.4 is 5.32 Å². The number of amides is 1. The van der Waals surface area contributed by atoms with Crippen molar-refractivity contribution in [1.82, 2.24) is 9.55 Å². The lowest BCUT2D eigenvalue weighted by molar-refractivity contribution is -0.122. The van der Waals surface area contributed by atoms with E-state index in [1.54, 1.807) is 18.5 Å². The molecular weight excluding hydrogens is 294 g/mol. The lowest BCUT2D eigenvalue weighted by atomic mass is 9.68. The number of carbonyl (C=O) groups is 2. The van der Waals surface area contributed by atoms with Crippen molar-refractivity contribution in [2.75, 3.05) is 11.9 Å². The molecule has 1 aliphatic carbocycles. The normalized spacial score (nSPS) is 23.3. The second-order valence-corrected chi connectivity index (χ2v) is 7.35. The van der Waals surface area contributed by atoms with Crippen molar-refractivity contribution in [3.63, 3.8) is 0 Å². The van der Waals surface area contributed by atoms with Crippen molar-refractivity contribution in [3.05, 3.63) is 11.9 Å². The quantitative estimate of drug-likeness (QED) is 0.865. The lowest BCUT2D eigenvalue weighted by Gasteiger charge is -2.38. The van der Waals surface area contributed by atoms with Crippen LogP contribution in [0.2, 0.25) is 0 Å². The van der Waals surface area contributed by atoms with Gasteiger partial charge in [0.2, 0.25) is 11.9 Å². The third-order valence-corrected chi connectivity index (χ3v) is 4.47. The van der Waals surface area contributed by atoms with E-state index in [4.69, 9.17) is 4.74 Å². The van der Waals surface area contributed by atoms with Gasteiger partial charge in [-0.05, 0) is 37.5 Å². The maximum absolute atomic E-state index is 12.6. The molecule has 1 saturated carbocycles. The molecule has 1 fully saturated rings. The standard InChI is InChI=1S/C17H27N3O3/c1-6-23-15(22)13-10-18-16(20(13)5)19-14(21)12-7-11(2)8-17(3,4)9-12/h10-12H,6-9H2,1-5H3,(H,18,19,21)/t11-,12-/m0/s1. The Kier molecular flexibility index (Phi) is 5.12. The first-order valence-electron chi connectivity index (χ1n) is 8.23. The van der Waals surface area contributed by atoms with Crippen LogP contribution >= 0.6 is 0 Å². The van der Waals surface area contributed by atoms with Gasteiger partial charge in [0.15, 0.2) is 0 Å². The fourth-order valence-corrected chi connectivity index (χ4v) is 3.68. The summed E-state index contributed by atoms with van der Waals surface area (Å²) >= 11 is 0. The van der Waals surface area contributed by atoms with Gasteiger partial charge in [-0.1, -0.05) is 20.8 Å². The molecule has 1 heterocycles. The van der Waals surface area contributed by atoms with Crippen molar-refractivity contribution >= 4 is 17.8 Å². The summed E-state index contributed by atoms with van der Waals surface area (Å²) < 4.78 is 6.54. The van der Waals surface area contributed by atoms with E-state index in [1.807, 2.05) is 0 Å². The third kappa shape index (κ3) is 4.12. The second kappa shape index (κ2) is 6.72. The minimum Gasteiger partial charge on any atom is -0.461 e. The fraction of sp³-hybridized carbons (Fsp3) is 0.706. The monoisotopic (exact) mass is 321 g/mol. The molecule has 23 heavy (non-hydrogen) atoms. The van der Waals surface area contributed by atoms with Gasteiger partial charge in [-0.2, -0.15) is 0 Å². The molecule has 2 rings (SSSR count). The molecule has 128 valence electrons. The van der Waals surface area contributed by atoms with Crippen LogP contribution in [0.1, 0.15) is 57.4 Å². The van der Waals surface area contributed by atoms with Gasteiger partial charge in [0.05, 0.1) is 12.8 Å².